The summed E-state index contributed by atoms with van der Waals surface area (Å²) in [7, 11) is 0. The van der Waals surface area contributed by atoms with Crippen LogP contribution in [0.1, 0.15) is 39.5 Å². The molecular formula is C10H20FN. The van der Waals surface area contributed by atoms with E-state index < -0.39 is 6.17 Å². The summed E-state index contributed by atoms with van der Waals surface area (Å²) < 4.78 is 13.2. The number of hydrogen-bond donors (Lipinski definition) is 1. The summed E-state index contributed by atoms with van der Waals surface area (Å²) in [6.07, 6.45) is 3.44. The summed E-state index contributed by atoms with van der Waals surface area (Å²) in [5, 5.41) is 3.30. The smallest absolute Gasteiger partial charge is 0.115 e. The van der Waals surface area contributed by atoms with E-state index in [9.17, 15) is 4.39 Å². The molecule has 1 aliphatic rings. The van der Waals surface area contributed by atoms with Crippen LogP contribution in [0, 0.1) is 5.92 Å². The van der Waals surface area contributed by atoms with Crippen LogP contribution in [0.15, 0.2) is 0 Å². The highest BCUT2D eigenvalue weighted by Gasteiger charge is 2.23. The van der Waals surface area contributed by atoms with Crippen molar-refractivity contribution in [3.8, 4) is 0 Å². The predicted octanol–water partition coefficient (Wildman–Crippen LogP) is 2.51. The van der Waals surface area contributed by atoms with E-state index >= 15 is 0 Å². The fourth-order valence-electron chi connectivity index (χ4n) is 1.70. The first-order valence-electron chi connectivity index (χ1n) is 5.07. The second-order valence-electron chi connectivity index (χ2n) is 4.21. The number of alkyl halides is 1. The molecule has 0 aromatic rings. The van der Waals surface area contributed by atoms with Crippen LogP contribution < -0.4 is 5.32 Å². The van der Waals surface area contributed by atoms with Gasteiger partial charge in [-0.3, -0.25) is 0 Å². The van der Waals surface area contributed by atoms with Crippen LogP contribution in [-0.4, -0.2) is 18.8 Å². The molecule has 2 atom stereocenters. The highest BCUT2D eigenvalue weighted by molar-refractivity contribution is 4.80. The van der Waals surface area contributed by atoms with Crippen LogP contribution in [0.25, 0.3) is 0 Å². The van der Waals surface area contributed by atoms with E-state index in [0.717, 1.165) is 25.8 Å². The minimum atomic E-state index is -0.600. The van der Waals surface area contributed by atoms with E-state index in [1.54, 1.807) is 0 Å². The Kier molecular flexibility index (Phi) is 3.99. The van der Waals surface area contributed by atoms with Crippen LogP contribution in [0.4, 0.5) is 4.39 Å². The minimum Gasteiger partial charge on any atom is -0.311 e. The second-order valence-corrected chi connectivity index (χ2v) is 4.21. The van der Waals surface area contributed by atoms with E-state index in [0.29, 0.717) is 5.92 Å². The van der Waals surface area contributed by atoms with E-state index in [-0.39, 0.29) is 6.04 Å². The van der Waals surface area contributed by atoms with E-state index in [2.05, 4.69) is 19.2 Å². The Labute approximate surface area is 74.7 Å². The van der Waals surface area contributed by atoms with Crippen molar-refractivity contribution in [1.29, 1.82) is 0 Å². The maximum Gasteiger partial charge on any atom is 0.115 e. The molecule has 72 valence electrons. The molecule has 0 aliphatic heterocycles. The minimum absolute atomic E-state index is 0.140. The maximum absolute atomic E-state index is 13.2. The molecule has 0 unspecified atom stereocenters. The molecular weight excluding hydrogens is 153 g/mol. The molecule has 1 saturated carbocycles. The van der Waals surface area contributed by atoms with E-state index in [1.165, 1.54) is 6.42 Å². The van der Waals surface area contributed by atoms with Crippen LogP contribution >= 0.6 is 0 Å². The molecule has 0 saturated heterocycles. The standard InChI is InChI=1S/C10H20FN/c1-8(2)7-12-10-6-4-3-5-9(10)11/h8-10,12H,3-7H2,1-2H3/t9-,10-/m1/s1. The summed E-state index contributed by atoms with van der Waals surface area (Å²) >= 11 is 0. The van der Waals surface area contributed by atoms with Crippen molar-refractivity contribution in [3.63, 3.8) is 0 Å². The highest BCUT2D eigenvalue weighted by Crippen LogP contribution is 2.21. The Bertz CT molecular complexity index is 125. The van der Waals surface area contributed by atoms with Crippen LogP contribution in [-0.2, 0) is 0 Å². The van der Waals surface area contributed by atoms with Gasteiger partial charge in [-0.05, 0) is 25.3 Å². The first-order valence-corrected chi connectivity index (χ1v) is 5.07. The van der Waals surface area contributed by atoms with Crippen molar-refractivity contribution in [2.45, 2.75) is 51.7 Å². The van der Waals surface area contributed by atoms with E-state index in [1.807, 2.05) is 0 Å². The first kappa shape index (κ1) is 9.97. The molecule has 0 bridgehead atoms. The van der Waals surface area contributed by atoms with Gasteiger partial charge in [0.25, 0.3) is 0 Å². The molecule has 1 fully saturated rings. The third-order valence-electron chi connectivity index (χ3n) is 2.47. The van der Waals surface area contributed by atoms with Crippen LogP contribution in [0.2, 0.25) is 0 Å². The largest absolute Gasteiger partial charge is 0.311 e. The lowest BCUT2D eigenvalue weighted by atomic mass is 9.93. The average Bonchev–Trinajstić information content (AvgIpc) is 2.03. The number of nitrogens with one attached hydrogen (secondary N) is 1. The molecule has 0 heterocycles. The molecule has 2 heteroatoms. The van der Waals surface area contributed by atoms with Gasteiger partial charge in [0.15, 0.2) is 0 Å². The Morgan fingerprint density at radius 1 is 1.33 bits per heavy atom. The fourth-order valence-corrected chi connectivity index (χ4v) is 1.70. The van der Waals surface area contributed by atoms with Gasteiger partial charge in [-0.15, -0.1) is 0 Å². The molecule has 1 aliphatic carbocycles. The van der Waals surface area contributed by atoms with Crippen molar-refractivity contribution in [1.82, 2.24) is 5.32 Å². The Morgan fingerprint density at radius 2 is 2.00 bits per heavy atom. The summed E-state index contributed by atoms with van der Waals surface area (Å²) in [5.74, 6) is 0.624. The van der Waals surface area contributed by atoms with E-state index in [4.69, 9.17) is 0 Å². The third kappa shape index (κ3) is 3.10. The van der Waals surface area contributed by atoms with Gasteiger partial charge in [0.1, 0.15) is 6.17 Å². The molecule has 0 aromatic heterocycles. The zero-order chi connectivity index (χ0) is 8.97. The predicted molar refractivity (Wildman–Crippen MR) is 50.0 cm³/mol. The van der Waals surface area contributed by atoms with Gasteiger partial charge < -0.3 is 5.32 Å². The van der Waals surface area contributed by atoms with Gasteiger partial charge in [0.05, 0.1) is 0 Å². The lowest BCUT2D eigenvalue weighted by Crippen LogP contribution is -2.41. The molecule has 1 rings (SSSR count). The number of hydrogen-bond acceptors (Lipinski definition) is 1. The van der Waals surface area contributed by atoms with Crippen molar-refractivity contribution in [2.75, 3.05) is 6.54 Å². The SMILES string of the molecule is CC(C)CN[C@@H]1CCCC[C@H]1F. The summed E-state index contributed by atoms with van der Waals surface area (Å²) in [5.41, 5.74) is 0. The Hall–Kier alpha value is -0.110. The number of halogens is 1. The van der Waals surface area contributed by atoms with Gasteiger partial charge in [0.2, 0.25) is 0 Å². The fraction of sp³-hybridized carbons (Fsp3) is 1.00. The lowest BCUT2D eigenvalue weighted by molar-refractivity contribution is 0.186. The van der Waals surface area contributed by atoms with Crippen molar-refractivity contribution in [2.24, 2.45) is 5.92 Å². The topological polar surface area (TPSA) is 12.0 Å². The Balaban J connectivity index is 2.20. The maximum atomic E-state index is 13.2. The second kappa shape index (κ2) is 4.80. The monoisotopic (exact) mass is 173 g/mol. The Morgan fingerprint density at radius 3 is 2.58 bits per heavy atom. The van der Waals surface area contributed by atoms with Gasteiger partial charge >= 0.3 is 0 Å². The molecule has 1 N–H and O–H groups in total. The van der Waals surface area contributed by atoms with Gasteiger partial charge in [-0.1, -0.05) is 26.7 Å². The zero-order valence-corrected chi connectivity index (χ0v) is 8.15. The molecule has 1 nitrogen and oxygen atoms in total. The summed E-state index contributed by atoms with van der Waals surface area (Å²) in [4.78, 5) is 0. The zero-order valence-electron chi connectivity index (χ0n) is 8.15. The van der Waals surface area contributed by atoms with Crippen molar-refractivity contribution < 1.29 is 4.39 Å². The molecule has 0 radical (unpaired) electrons. The first-order chi connectivity index (χ1) is 5.70. The van der Waals surface area contributed by atoms with Crippen LogP contribution in [0.3, 0.4) is 0 Å². The van der Waals surface area contributed by atoms with Crippen molar-refractivity contribution >= 4 is 0 Å². The van der Waals surface area contributed by atoms with Gasteiger partial charge in [-0.2, -0.15) is 0 Å². The highest BCUT2D eigenvalue weighted by atomic mass is 19.1. The average molecular weight is 173 g/mol. The third-order valence-corrected chi connectivity index (χ3v) is 2.47. The molecule has 0 aromatic carbocycles. The summed E-state index contributed by atoms with van der Waals surface area (Å²) in [6.45, 7) is 5.26. The number of rotatable bonds is 3. The van der Waals surface area contributed by atoms with Gasteiger partial charge in [0, 0.05) is 6.04 Å². The molecule has 12 heavy (non-hydrogen) atoms. The normalized spacial score (nSPS) is 31.0. The van der Waals surface area contributed by atoms with Crippen LogP contribution in [0.5, 0.6) is 0 Å². The molecule has 0 spiro atoms. The molecule has 0 amide bonds. The van der Waals surface area contributed by atoms with Gasteiger partial charge in [-0.25, -0.2) is 4.39 Å². The summed E-state index contributed by atoms with van der Waals surface area (Å²) in [6, 6.07) is 0.140. The van der Waals surface area contributed by atoms with Crippen molar-refractivity contribution in [3.05, 3.63) is 0 Å². The lowest BCUT2D eigenvalue weighted by Gasteiger charge is -2.27. The quantitative estimate of drug-likeness (QED) is 0.691.